The van der Waals surface area contributed by atoms with Gasteiger partial charge in [-0.2, -0.15) is 0 Å². The molecule has 1 saturated heterocycles. The monoisotopic (exact) mass is 344 g/mol. The van der Waals surface area contributed by atoms with Gasteiger partial charge in [-0.25, -0.2) is 8.78 Å². The molecule has 0 radical (unpaired) electrons. The van der Waals surface area contributed by atoms with Crippen LogP contribution in [-0.4, -0.2) is 24.9 Å². The Labute approximate surface area is 144 Å². The molecule has 3 rings (SSSR count). The van der Waals surface area contributed by atoms with Gasteiger partial charge in [0.25, 0.3) is 0 Å². The van der Waals surface area contributed by atoms with Crippen molar-refractivity contribution in [1.29, 1.82) is 0 Å². The van der Waals surface area contributed by atoms with Gasteiger partial charge < -0.3 is 9.80 Å². The first-order valence-corrected chi connectivity index (χ1v) is 8.13. The number of amides is 2. The molecule has 6 heteroatoms. The summed E-state index contributed by atoms with van der Waals surface area (Å²) >= 11 is 0. The molecular weight excluding hydrogens is 326 g/mol. The van der Waals surface area contributed by atoms with E-state index in [1.54, 1.807) is 12.1 Å². The van der Waals surface area contributed by atoms with Crippen LogP contribution in [0.1, 0.15) is 13.3 Å². The van der Waals surface area contributed by atoms with E-state index >= 15 is 0 Å². The number of benzene rings is 2. The quantitative estimate of drug-likeness (QED) is 0.853. The summed E-state index contributed by atoms with van der Waals surface area (Å²) in [6.07, 6.45) is 0.0326. The van der Waals surface area contributed by atoms with Gasteiger partial charge >= 0.3 is 0 Å². The highest BCUT2D eigenvalue weighted by Crippen LogP contribution is 2.29. The Morgan fingerprint density at radius 2 is 1.84 bits per heavy atom. The lowest BCUT2D eigenvalue weighted by Gasteiger charge is -2.24. The van der Waals surface area contributed by atoms with Gasteiger partial charge in [-0.15, -0.1) is 0 Å². The van der Waals surface area contributed by atoms with Crippen molar-refractivity contribution >= 4 is 23.2 Å². The first-order valence-electron chi connectivity index (χ1n) is 8.13. The fourth-order valence-corrected chi connectivity index (χ4v) is 3.08. The normalized spacial score (nSPS) is 17.0. The molecule has 25 heavy (non-hydrogen) atoms. The summed E-state index contributed by atoms with van der Waals surface area (Å²) in [5, 5.41) is 0. The van der Waals surface area contributed by atoms with E-state index in [9.17, 15) is 18.4 Å². The maximum Gasteiger partial charge on any atom is 0.232 e. The second-order valence-electron chi connectivity index (χ2n) is 5.92. The molecule has 1 atom stereocenters. The molecule has 4 nitrogen and oxygen atoms in total. The number of anilines is 2. The molecule has 0 bridgehead atoms. The van der Waals surface area contributed by atoms with Crippen LogP contribution < -0.4 is 9.80 Å². The van der Waals surface area contributed by atoms with Crippen molar-refractivity contribution in [1.82, 2.24) is 0 Å². The van der Waals surface area contributed by atoms with Crippen molar-refractivity contribution < 1.29 is 18.4 Å². The van der Waals surface area contributed by atoms with Gasteiger partial charge in [-0.3, -0.25) is 9.59 Å². The van der Waals surface area contributed by atoms with E-state index in [-0.39, 0.29) is 36.3 Å². The molecule has 1 fully saturated rings. The Morgan fingerprint density at radius 3 is 2.48 bits per heavy atom. The van der Waals surface area contributed by atoms with Gasteiger partial charge in [0.2, 0.25) is 11.8 Å². The van der Waals surface area contributed by atoms with Crippen LogP contribution in [0.15, 0.2) is 48.5 Å². The van der Waals surface area contributed by atoms with Crippen LogP contribution in [-0.2, 0) is 9.59 Å². The summed E-state index contributed by atoms with van der Waals surface area (Å²) in [7, 11) is 0. The molecule has 0 saturated carbocycles. The van der Waals surface area contributed by atoms with Gasteiger partial charge in [0, 0.05) is 25.2 Å². The van der Waals surface area contributed by atoms with Crippen molar-refractivity contribution in [2.75, 3.05) is 22.9 Å². The van der Waals surface area contributed by atoms with Crippen LogP contribution in [0.3, 0.4) is 0 Å². The molecule has 0 N–H and O–H groups in total. The maximum absolute atomic E-state index is 13.9. The third-order valence-corrected chi connectivity index (χ3v) is 4.34. The van der Waals surface area contributed by atoms with E-state index in [1.165, 1.54) is 46.2 Å². The molecule has 2 aromatic carbocycles. The van der Waals surface area contributed by atoms with E-state index in [0.29, 0.717) is 12.2 Å². The number of rotatable bonds is 4. The highest BCUT2D eigenvalue weighted by molar-refractivity contribution is 6.04. The van der Waals surface area contributed by atoms with Crippen molar-refractivity contribution in [3.8, 4) is 0 Å². The molecular formula is C19H18F2N2O2. The number of nitrogens with zero attached hydrogens (tertiary/aromatic N) is 2. The highest BCUT2D eigenvalue weighted by atomic mass is 19.1. The minimum atomic E-state index is -0.558. The summed E-state index contributed by atoms with van der Waals surface area (Å²) in [4.78, 5) is 27.9. The molecule has 130 valence electrons. The molecule has 1 unspecified atom stereocenters. The topological polar surface area (TPSA) is 40.6 Å². The number of hydrogen-bond acceptors (Lipinski definition) is 2. The summed E-state index contributed by atoms with van der Waals surface area (Å²) in [6.45, 7) is 2.35. The molecule has 2 aromatic rings. The Bertz CT molecular complexity index is 792. The summed E-state index contributed by atoms with van der Waals surface area (Å²) in [5.74, 6) is -1.93. The van der Waals surface area contributed by atoms with Crippen LogP contribution in [0.2, 0.25) is 0 Å². The molecule has 1 aliphatic rings. The van der Waals surface area contributed by atoms with Crippen molar-refractivity contribution in [2.45, 2.75) is 13.3 Å². The van der Waals surface area contributed by atoms with Crippen LogP contribution >= 0.6 is 0 Å². The number of halogens is 2. The number of carbonyl (C=O) groups excluding carboxylic acids is 2. The predicted octanol–water partition coefficient (Wildman–Crippen LogP) is 3.37. The van der Waals surface area contributed by atoms with Crippen LogP contribution in [0.5, 0.6) is 0 Å². The second kappa shape index (κ2) is 7.01. The van der Waals surface area contributed by atoms with Gasteiger partial charge in [0.05, 0.1) is 11.6 Å². The first-order chi connectivity index (χ1) is 12.0. The lowest BCUT2D eigenvalue weighted by atomic mass is 10.1. The average molecular weight is 344 g/mol. The Morgan fingerprint density at radius 1 is 1.16 bits per heavy atom. The van der Waals surface area contributed by atoms with Crippen LogP contribution in [0, 0.1) is 17.6 Å². The highest BCUT2D eigenvalue weighted by Gasteiger charge is 2.38. The Hall–Kier alpha value is -2.76. The maximum atomic E-state index is 13.9. The number of hydrogen-bond donors (Lipinski definition) is 0. The lowest BCUT2D eigenvalue weighted by Crippen LogP contribution is -2.37. The van der Waals surface area contributed by atoms with Gasteiger partial charge in [0.1, 0.15) is 11.6 Å². The smallest absolute Gasteiger partial charge is 0.232 e. The third kappa shape index (κ3) is 3.38. The fraction of sp³-hybridized carbons (Fsp3) is 0.263. The molecule has 2 amide bonds. The van der Waals surface area contributed by atoms with Gasteiger partial charge in [-0.05, 0) is 43.3 Å². The SMILES string of the molecule is CCN(C(=O)C1CC(=O)N(c2ccccc2F)C1)c1ccc(F)cc1. The molecule has 0 aromatic heterocycles. The standard InChI is InChI=1S/C19H18F2N2O2/c1-2-22(15-9-7-14(20)8-10-15)19(25)13-11-18(24)23(12-13)17-6-4-3-5-16(17)21/h3-10,13H,2,11-12H2,1H3. The van der Waals surface area contributed by atoms with Crippen molar-refractivity contribution in [2.24, 2.45) is 5.92 Å². The first kappa shape index (κ1) is 17.1. The number of carbonyl (C=O) groups is 2. The zero-order valence-corrected chi connectivity index (χ0v) is 13.8. The molecule has 0 spiro atoms. The van der Waals surface area contributed by atoms with E-state index in [2.05, 4.69) is 0 Å². The molecule has 1 heterocycles. The van der Waals surface area contributed by atoms with Crippen LogP contribution in [0.4, 0.5) is 20.2 Å². The zero-order chi connectivity index (χ0) is 18.0. The average Bonchev–Trinajstić information content (AvgIpc) is 2.99. The van der Waals surface area contributed by atoms with E-state index in [1.807, 2.05) is 6.92 Å². The lowest BCUT2D eigenvalue weighted by molar-refractivity contribution is -0.124. The number of para-hydroxylation sites is 1. The van der Waals surface area contributed by atoms with Gasteiger partial charge in [0.15, 0.2) is 0 Å². The van der Waals surface area contributed by atoms with E-state index in [4.69, 9.17) is 0 Å². The predicted molar refractivity (Wildman–Crippen MR) is 91.3 cm³/mol. The third-order valence-electron chi connectivity index (χ3n) is 4.34. The molecule has 0 aliphatic carbocycles. The summed E-state index contributed by atoms with van der Waals surface area (Å²) < 4.78 is 27.0. The fourth-order valence-electron chi connectivity index (χ4n) is 3.08. The van der Waals surface area contributed by atoms with Gasteiger partial charge in [-0.1, -0.05) is 12.1 Å². The van der Waals surface area contributed by atoms with Crippen molar-refractivity contribution in [3.63, 3.8) is 0 Å². The minimum absolute atomic E-state index is 0.0326. The van der Waals surface area contributed by atoms with E-state index in [0.717, 1.165) is 0 Å². The Balaban J connectivity index is 1.80. The summed E-state index contributed by atoms with van der Waals surface area (Å²) in [5.41, 5.74) is 0.762. The zero-order valence-electron chi connectivity index (χ0n) is 13.8. The van der Waals surface area contributed by atoms with Crippen LogP contribution in [0.25, 0.3) is 0 Å². The van der Waals surface area contributed by atoms with E-state index < -0.39 is 11.7 Å². The largest absolute Gasteiger partial charge is 0.312 e. The van der Waals surface area contributed by atoms with Crippen molar-refractivity contribution in [3.05, 3.63) is 60.2 Å². The molecule has 1 aliphatic heterocycles. The Kier molecular flexibility index (Phi) is 4.79. The second-order valence-corrected chi connectivity index (χ2v) is 5.92. The minimum Gasteiger partial charge on any atom is -0.312 e. The summed E-state index contributed by atoms with van der Waals surface area (Å²) in [6, 6.07) is 11.6.